The number of halogens is 3. The third kappa shape index (κ3) is 3.75. The molecule has 24 heavy (non-hydrogen) atoms. The van der Waals surface area contributed by atoms with Crippen LogP contribution in [0.3, 0.4) is 0 Å². The van der Waals surface area contributed by atoms with Crippen molar-refractivity contribution in [3.63, 3.8) is 0 Å². The molecule has 0 aliphatic rings. The lowest BCUT2D eigenvalue weighted by Gasteiger charge is -2.09. The van der Waals surface area contributed by atoms with E-state index < -0.39 is 12.0 Å². The zero-order valence-electron chi connectivity index (χ0n) is 12.4. The Morgan fingerprint density at radius 2 is 1.96 bits per heavy atom. The number of fused-ring (bicyclic) bond motifs is 1. The van der Waals surface area contributed by atoms with Crippen molar-refractivity contribution in [2.75, 3.05) is 6.61 Å². The summed E-state index contributed by atoms with van der Waals surface area (Å²) in [5.74, 6) is -0.792. The maximum absolute atomic E-state index is 13.0. The molecule has 0 N–H and O–H groups in total. The van der Waals surface area contributed by atoms with Crippen LogP contribution in [0.2, 0.25) is 0 Å². The molecule has 0 saturated carbocycles. The van der Waals surface area contributed by atoms with Crippen molar-refractivity contribution in [3.05, 3.63) is 35.1 Å². The van der Waals surface area contributed by atoms with Crippen LogP contribution in [0.4, 0.5) is 13.2 Å². The molecule has 3 rings (SSSR count). The Kier molecular flexibility index (Phi) is 4.86. The summed E-state index contributed by atoms with van der Waals surface area (Å²) < 4.78 is 44.2. The van der Waals surface area contributed by atoms with Crippen LogP contribution < -0.4 is 4.74 Å². The van der Waals surface area contributed by atoms with E-state index in [9.17, 15) is 13.2 Å². The second-order valence-corrected chi connectivity index (χ2v) is 6.54. The third-order valence-corrected chi connectivity index (χ3v) is 4.89. The van der Waals surface area contributed by atoms with Crippen LogP contribution in [0.1, 0.15) is 17.8 Å². The van der Waals surface area contributed by atoms with Crippen molar-refractivity contribution in [2.45, 2.75) is 23.9 Å². The van der Waals surface area contributed by atoms with Gasteiger partial charge in [0, 0.05) is 5.39 Å². The standard InChI is InChI=1S/C14H11F3N4OS2/c1-2-22-13-21-20-10(24-13)7-23-11-8-5-3-4-6-9(8)18-12(19-11)14(15,16)17/h3-6H,2,7H2,1H3. The first-order valence-corrected chi connectivity index (χ1v) is 8.69. The number of para-hydroxylation sites is 1. The van der Waals surface area contributed by atoms with E-state index >= 15 is 0 Å². The van der Waals surface area contributed by atoms with Crippen LogP contribution in [0.15, 0.2) is 29.3 Å². The summed E-state index contributed by atoms with van der Waals surface area (Å²) in [6, 6.07) is 6.61. The Morgan fingerprint density at radius 1 is 1.17 bits per heavy atom. The smallest absolute Gasteiger partial charge is 0.451 e. The van der Waals surface area contributed by atoms with E-state index in [1.54, 1.807) is 18.2 Å². The zero-order valence-corrected chi connectivity index (χ0v) is 14.0. The van der Waals surface area contributed by atoms with Crippen LogP contribution in [0.5, 0.6) is 5.19 Å². The first-order valence-electron chi connectivity index (χ1n) is 6.89. The second-order valence-electron chi connectivity index (χ2n) is 4.55. The third-order valence-electron chi connectivity index (χ3n) is 2.87. The summed E-state index contributed by atoms with van der Waals surface area (Å²) in [5, 5.41) is 9.75. The molecule has 3 aromatic rings. The fraction of sp³-hybridized carbons (Fsp3) is 0.286. The van der Waals surface area contributed by atoms with Crippen molar-refractivity contribution in [1.82, 2.24) is 20.2 Å². The predicted molar refractivity (Wildman–Crippen MR) is 85.2 cm³/mol. The highest BCUT2D eigenvalue weighted by Gasteiger charge is 2.35. The molecule has 0 aliphatic heterocycles. The van der Waals surface area contributed by atoms with Gasteiger partial charge in [-0.2, -0.15) is 13.2 Å². The van der Waals surface area contributed by atoms with Crippen LogP contribution >= 0.6 is 23.1 Å². The minimum Gasteiger partial charge on any atom is -0.469 e. The molecule has 0 fully saturated rings. The van der Waals surface area contributed by atoms with Crippen molar-refractivity contribution >= 4 is 34.0 Å². The number of aromatic nitrogens is 4. The van der Waals surface area contributed by atoms with Gasteiger partial charge in [-0.05, 0) is 13.0 Å². The molecule has 2 aromatic heterocycles. The molecule has 0 bridgehead atoms. The first-order chi connectivity index (χ1) is 11.5. The summed E-state index contributed by atoms with van der Waals surface area (Å²) in [5.41, 5.74) is 0.259. The summed E-state index contributed by atoms with van der Waals surface area (Å²) in [6.07, 6.45) is -4.59. The Hall–Kier alpha value is -1.94. The molecule has 5 nitrogen and oxygen atoms in total. The Balaban J connectivity index is 1.89. The first kappa shape index (κ1) is 16.9. The molecule has 126 valence electrons. The maximum Gasteiger partial charge on any atom is 0.451 e. The van der Waals surface area contributed by atoms with Gasteiger partial charge in [-0.3, -0.25) is 0 Å². The van der Waals surface area contributed by atoms with Gasteiger partial charge in [0.15, 0.2) is 0 Å². The lowest BCUT2D eigenvalue weighted by molar-refractivity contribution is -0.145. The highest BCUT2D eigenvalue weighted by Crippen LogP contribution is 2.34. The monoisotopic (exact) mass is 372 g/mol. The molecule has 1 aromatic carbocycles. The molecule has 0 atom stereocenters. The normalized spacial score (nSPS) is 11.8. The minimum atomic E-state index is -4.59. The maximum atomic E-state index is 13.0. The summed E-state index contributed by atoms with van der Waals surface area (Å²) in [4.78, 5) is 7.28. The summed E-state index contributed by atoms with van der Waals surface area (Å²) in [7, 11) is 0. The molecule has 0 saturated heterocycles. The molecule has 0 unspecified atom stereocenters. The largest absolute Gasteiger partial charge is 0.469 e. The molecule has 0 amide bonds. The van der Waals surface area contributed by atoms with E-state index in [2.05, 4.69) is 20.2 Å². The lowest BCUT2D eigenvalue weighted by Crippen LogP contribution is -2.11. The average Bonchev–Trinajstić information content (AvgIpc) is 2.99. The number of alkyl halides is 3. The fourth-order valence-electron chi connectivity index (χ4n) is 1.89. The van der Waals surface area contributed by atoms with Gasteiger partial charge in [-0.1, -0.05) is 41.3 Å². The second kappa shape index (κ2) is 6.89. The van der Waals surface area contributed by atoms with Gasteiger partial charge in [-0.25, -0.2) is 9.97 Å². The number of hydrogen-bond acceptors (Lipinski definition) is 7. The molecule has 0 spiro atoms. The van der Waals surface area contributed by atoms with Gasteiger partial charge in [-0.15, -0.1) is 10.2 Å². The van der Waals surface area contributed by atoms with E-state index in [0.29, 0.717) is 27.9 Å². The number of nitrogens with zero attached hydrogens (tertiary/aromatic N) is 4. The van der Waals surface area contributed by atoms with Gasteiger partial charge < -0.3 is 4.74 Å². The molecular formula is C14H11F3N4OS2. The summed E-state index contributed by atoms with van der Waals surface area (Å²) >= 11 is 2.43. The molecular weight excluding hydrogens is 361 g/mol. The van der Waals surface area contributed by atoms with Crippen molar-refractivity contribution in [2.24, 2.45) is 0 Å². The van der Waals surface area contributed by atoms with Crippen LogP contribution in [-0.2, 0) is 11.9 Å². The van der Waals surface area contributed by atoms with Gasteiger partial charge in [0.25, 0.3) is 5.19 Å². The number of benzene rings is 1. The fourth-order valence-corrected chi connectivity index (χ4v) is 3.64. The van der Waals surface area contributed by atoms with Crippen molar-refractivity contribution in [3.8, 4) is 5.19 Å². The SMILES string of the molecule is CCOc1nnc(CSc2nc(C(F)(F)F)nc3ccccc23)s1. The minimum absolute atomic E-state index is 0.259. The lowest BCUT2D eigenvalue weighted by atomic mass is 10.2. The quantitative estimate of drug-likeness (QED) is 0.494. The highest BCUT2D eigenvalue weighted by atomic mass is 32.2. The van der Waals surface area contributed by atoms with Crippen LogP contribution in [0.25, 0.3) is 10.9 Å². The average molecular weight is 372 g/mol. The van der Waals surface area contributed by atoms with Gasteiger partial charge in [0.2, 0.25) is 5.82 Å². The molecule has 0 radical (unpaired) electrons. The van der Waals surface area contributed by atoms with E-state index in [4.69, 9.17) is 4.74 Å². The highest BCUT2D eigenvalue weighted by molar-refractivity contribution is 7.98. The van der Waals surface area contributed by atoms with Gasteiger partial charge >= 0.3 is 6.18 Å². The van der Waals surface area contributed by atoms with E-state index in [1.807, 2.05) is 6.92 Å². The zero-order chi connectivity index (χ0) is 17.2. The van der Waals surface area contributed by atoms with Crippen LogP contribution in [0, 0.1) is 0 Å². The Labute approximate surface area is 143 Å². The predicted octanol–water partition coefficient (Wildman–Crippen LogP) is 4.19. The van der Waals surface area contributed by atoms with E-state index in [0.717, 1.165) is 0 Å². The number of thioether (sulfide) groups is 1. The molecule has 2 heterocycles. The van der Waals surface area contributed by atoms with Crippen molar-refractivity contribution < 1.29 is 17.9 Å². The number of hydrogen-bond donors (Lipinski definition) is 0. The Morgan fingerprint density at radius 3 is 2.71 bits per heavy atom. The summed E-state index contributed by atoms with van der Waals surface area (Å²) in [6.45, 7) is 2.31. The molecule has 10 heteroatoms. The van der Waals surface area contributed by atoms with Crippen LogP contribution in [-0.4, -0.2) is 26.8 Å². The number of ether oxygens (including phenoxy) is 1. The van der Waals surface area contributed by atoms with Crippen molar-refractivity contribution in [1.29, 1.82) is 0 Å². The van der Waals surface area contributed by atoms with Gasteiger partial charge in [0.1, 0.15) is 10.0 Å². The number of rotatable bonds is 5. The van der Waals surface area contributed by atoms with E-state index in [1.165, 1.54) is 29.2 Å². The topological polar surface area (TPSA) is 60.8 Å². The Bertz CT molecular complexity index is 853. The molecule has 0 aliphatic carbocycles. The van der Waals surface area contributed by atoms with E-state index in [-0.39, 0.29) is 10.5 Å². The van der Waals surface area contributed by atoms with Gasteiger partial charge in [0.05, 0.1) is 17.9 Å².